The third-order valence-corrected chi connectivity index (χ3v) is 5.02. The molecule has 0 spiro atoms. The van der Waals surface area contributed by atoms with Gasteiger partial charge in [0.15, 0.2) is 0 Å². The first-order valence-corrected chi connectivity index (χ1v) is 10.4. The second-order valence-corrected chi connectivity index (χ2v) is 7.02. The number of aryl methyl sites for hydroxylation is 2. The molecule has 0 amide bonds. The van der Waals surface area contributed by atoms with E-state index in [1.54, 1.807) is 11.1 Å². The number of alkyl halides is 1. The van der Waals surface area contributed by atoms with E-state index in [9.17, 15) is 0 Å². The van der Waals surface area contributed by atoms with Crippen LogP contribution in [0.4, 0.5) is 0 Å². The maximum Gasteiger partial charge on any atom is 0.0474 e. The summed E-state index contributed by atoms with van der Waals surface area (Å²) in [4.78, 5) is 0. The molecule has 0 aliphatic rings. The Hall–Kier alpha value is -1.79. The van der Waals surface area contributed by atoms with Crippen LogP contribution in [0, 0.1) is 0 Å². The number of hydrogen-bond donors (Lipinski definition) is 0. The van der Waals surface area contributed by atoms with E-state index in [0.29, 0.717) is 5.88 Å². The zero-order valence-electron chi connectivity index (χ0n) is 16.2. The van der Waals surface area contributed by atoms with Crippen molar-refractivity contribution in [3.63, 3.8) is 0 Å². The number of rotatable bonds is 7. The van der Waals surface area contributed by atoms with Crippen molar-refractivity contribution in [3.05, 3.63) is 83.4 Å². The summed E-state index contributed by atoms with van der Waals surface area (Å²) in [6, 6.07) is 23.4. The topological polar surface area (TPSA) is 0 Å². The fourth-order valence-electron chi connectivity index (χ4n) is 3.20. The first-order valence-electron chi connectivity index (χ1n) is 9.89. The van der Waals surface area contributed by atoms with Gasteiger partial charge in [-0.15, -0.1) is 11.6 Å². The minimum Gasteiger partial charge on any atom is -0.122 e. The van der Waals surface area contributed by atoms with Crippen LogP contribution in [0.15, 0.2) is 66.7 Å². The number of unbranched alkanes of at least 4 members (excludes halogenated alkanes) is 2. The Morgan fingerprint density at radius 2 is 1.35 bits per heavy atom. The van der Waals surface area contributed by atoms with E-state index in [1.165, 1.54) is 54.9 Å². The summed E-state index contributed by atoms with van der Waals surface area (Å²) in [5, 5.41) is 2.86. The molecule has 0 heterocycles. The van der Waals surface area contributed by atoms with Gasteiger partial charge in [0, 0.05) is 5.88 Å². The quantitative estimate of drug-likeness (QED) is 0.372. The summed E-state index contributed by atoms with van der Waals surface area (Å²) in [6.07, 6.45) is 7.62. The lowest BCUT2D eigenvalue weighted by Crippen LogP contribution is -1.96. The van der Waals surface area contributed by atoms with Crippen LogP contribution in [0.1, 0.15) is 56.2 Å². The number of benzene rings is 3. The molecule has 0 saturated carbocycles. The van der Waals surface area contributed by atoms with Gasteiger partial charge in [-0.05, 0) is 53.1 Å². The molecule has 0 aliphatic carbocycles. The van der Waals surface area contributed by atoms with Crippen molar-refractivity contribution in [2.75, 3.05) is 0 Å². The molecule has 0 aromatic heterocycles. The lowest BCUT2D eigenvalue weighted by atomic mass is 9.92. The van der Waals surface area contributed by atoms with Gasteiger partial charge in [0.05, 0.1) is 0 Å². The Morgan fingerprint density at radius 1 is 0.692 bits per heavy atom. The van der Waals surface area contributed by atoms with E-state index >= 15 is 0 Å². The van der Waals surface area contributed by atoms with Crippen molar-refractivity contribution in [2.24, 2.45) is 0 Å². The molecule has 3 aromatic carbocycles. The summed E-state index contributed by atoms with van der Waals surface area (Å²) in [5.41, 5.74) is 4.35. The lowest BCUT2D eigenvalue weighted by Gasteiger charge is -2.13. The maximum absolute atomic E-state index is 5.53. The van der Waals surface area contributed by atoms with Crippen molar-refractivity contribution in [1.29, 1.82) is 0 Å². The second-order valence-electron chi connectivity index (χ2n) is 6.75. The summed E-state index contributed by atoms with van der Waals surface area (Å²) in [5.74, 6) is 0.612. The molecule has 3 rings (SSSR count). The van der Waals surface area contributed by atoms with Crippen LogP contribution in [0.5, 0.6) is 0 Å². The average Bonchev–Trinajstić information content (AvgIpc) is 2.72. The highest BCUT2D eigenvalue weighted by Crippen LogP contribution is 2.25. The molecule has 0 atom stereocenters. The van der Waals surface area contributed by atoms with E-state index in [-0.39, 0.29) is 0 Å². The van der Waals surface area contributed by atoms with Gasteiger partial charge in [0.25, 0.3) is 0 Å². The zero-order chi connectivity index (χ0) is 18.6. The van der Waals surface area contributed by atoms with E-state index in [1.807, 2.05) is 30.3 Å². The number of hydrogen-bond acceptors (Lipinski definition) is 0. The molecule has 1 heteroatoms. The normalized spacial score (nSPS) is 10.4. The molecular weight excluding hydrogens is 336 g/mol. The molecule has 0 unspecified atom stereocenters. The zero-order valence-corrected chi connectivity index (χ0v) is 16.9. The van der Waals surface area contributed by atoms with Crippen molar-refractivity contribution in [1.82, 2.24) is 0 Å². The monoisotopic (exact) mass is 366 g/mol. The Bertz CT molecular complexity index is 761. The van der Waals surface area contributed by atoms with E-state index < -0.39 is 0 Å². The van der Waals surface area contributed by atoms with Crippen molar-refractivity contribution in [3.8, 4) is 0 Å². The highest BCUT2D eigenvalue weighted by atomic mass is 35.5. The van der Waals surface area contributed by atoms with Crippen LogP contribution in [-0.2, 0) is 18.7 Å². The highest BCUT2D eigenvalue weighted by molar-refractivity contribution is 6.17. The standard InChI is InChI=1S/C18H24.C7H7Cl/c1-3-5-9-15-13-14-16-10-7-8-12-18(16)17(15)11-6-4-2;8-6-7-4-2-1-3-5-7/h7-8,10,12-14H,3-6,9,11H2,1-2H3;1-5H,6H2. The third-order valence-electron chi connectivity index (χ3n) is 4.71. The number of fused-ring (bicyclic) bond motifs is 1. The van der Waals surface area contributed by atoms with Crippen LogP contribution in [0.2, 0.25) is 0 Å². The van der Waals surface area contributed by atoms with Gasteiger partial charge in [0.2, 0.25) is 0 Å². The van der Waals surface area contributed by atoms with Crippen LogP contribution >= 0.6 is 11.6 Å². The van der Waals surface area contributed by atoms with Crippen molar-refractivity contribution >= 4 is 22.4 Å². The lowest BCUT2D eigenvalue weighted by molar-refractivity contribution is 0.762. The fraction of sp³-hybridized carbons (Fsp3) is 0.360. The van der Waals surface area contributed by atoms with Gasteiger partial charge < -0.3 is 0 Å². The minimum atomic E-state index is 0.612. The molecule has 0 bridgehead atoms. The fourth-order valence-corrected chi connectivity index (χ4v) is 3.38. The van der Waals surface area contributed by atoms with Gasteiger partial charge in [0.1, 0.15) is 0 Å². The first-order chi connectivity index (χ1) is 12.8. The van der Waals surface area contributed by atoms with E-state index in [2.05, 4.69) is 50.2 Å². The summed E-state index contributed by atoms with van der Waals surface area (Å²) < 4.78 is 0. The third kappa shape index (κ3) is 6.18. The van der Waals surface area contributed by atoms with Crippen LogP contribution in [0.3, 0.4) is 0 Å². The Labute approximate surface area is 164 Å². The predicted molar refractivity (Wildman–Crippen MR) is 117 cm³/mol. The summed E-state index contributed by atoms with van der Waals surface area (Å²) >= 11 is 5.53. The molecule has 3 aromatic rings. The second kappa shape index (κ2) is 11.8. The van der Waals surface area contributed by atoms with Gasteiger partial charge in [-0.1, -0.05) is 93.4 Å². The summed E-state index contributed by atoms with van der Waals surface area (Å²) in [6.45, 7) is 4.55. The van der Waals surface area contributed by atoms with Crippen LogP contribution in [0.25, 0.3) is 10.8 Å². The smallest absolute Gasteiger partial charge is 0.0474 e. The number of halogens is 1. The van der Waals surface area contributed by atoms with E-state index in [0.717, 1.165) is 0 Å². The van der Waals surface area contributed by atoms with Crippen molar-refractivity contribution < 1.29 is 0 Å². The van der Waals surface area contributed by atoms with Crippen molar-refractivity contribution in [2.45, 2.75) is 58.3 Å². The maximum atomic E-state index is 5.53. The molecule has 0 saturated heterocycles. The van der Waals surface area contributed by atoms with E-state index in [4.69, 9.17) is 11.6 Å². The largest absolute Gasteiger partial charge is 0.122 e. The molecule has 0 nitrogen and oxygen atoms in total. The van der Waals surface area contributed by atoms with Gasteiger partial charge in [-0.3, -0.25) is 0 Å². The molecule has 0 fully saturated rings. The molecule has 0 N–H and O–H groups in total. The average molecular weight is 367 g/mol. The summed E-state index contributed by atoms with van der Waals surface area (Å²) in [7, 11) is 0. The Kier molecular flexibility index (Phi) is 9.28. The molecule has 26 heavy (non-hydrogen) atoms. The molecule has 0 aliphatic heterocycles. The molecule has 138 valence electrons. The van der Waals surface area contributed by atoms with Gasteiger partial charge in [-0.25, -0.2) is 0 Å². The van der Waals surface area contributed by atoms with Gasteiger partial charge in [-0.2, -0.15) is 0 Å². The SMILES string of the molecule is CCCCc1ccc2ccccc2c1CCCC.ClCc1ccccc1. The van der Waals surface area contributed by atoms with Crippen LogP contribution < -0.4 is 0 Å². The first kappa shape index (κ1) is 20.5. The molecular formula is C25H31Cl. The predicted octanol–water partition coefficient (Wildman–Crippen LogP) is 7.95. The van der Waals surface area contributed by atoms with Gasteiger partial charge >= 0.3 is 0 Å². The highest BCUT2D eigenvalue weighted by Gasteiger charge is 2.06. The molecule has 0 radical (unpaired) electrons. The Balaban J connectivity index is 0.000000254. The van der Waals surface area contributed by atoms with Crippen LogP contribution in [-0.4, -0.2) is 0 Å². The Morgan fingerprint density at radius 3 is 2.00 bits per heavy atom. The minimum absolute atomic E-state index is 0.612.